The van der Waals surface area contributed by atoms with E-state index in [0.717, 1.165) is 0 Å². The minimum absolute atomic E-state index is 0.509. The van der Waals surface area contributed by atoms with E-state index in [1.54, 1.807) is 24.3 Å². The zero-order valence-corrected chi connectivity index (χ0v) is 8.42. The van der Waals surface area contributed by atoms with Crippen LogP contribution in [0.15, 0.2) is 24.3 Å². The summed E-state index contributed by atoms with van der Waals surface area (Å²) in [5.74, 6) is 0. The van der Waals surface area contributed by atoms with Gasteiger partial charge in [0, 0.05) is 17.2 Å². The zero-order chi connectivity index (χ0) is 10.6. The third-order valence-electron chi connectivity index (χ3n) is 1.50. The van der Waals surface area contributed by atoms with Crippen molar-refractivity contribution in [1.29, 1.82) is 5.26 Å². The molecule has 0 aliphatic carbocycles. The Hall–Kier alpha value is -1.24. The molecule has 1 rings (SSSR count). The first-order valence-electron chi connectivity index (χ1n) is 3.63. The second-order valence-corrected chi connectivity index (χ2v) is 3.11. The predicted octanol–water partition coefficient (Wildman–Crippen LogP) is 3.17. The molecule has 0 aliphatic rings. The van der Waals surface area contributed by atoms with Gasteiger partial charge in [0.25, 0.3) is 0 Å². The van der Waals surface area contributed by atoms with Crippen LogP contribution in [-0.4, -0.2) is 5.43 Å². The van der Waals surface area contributed by atoms with Crippen LogP contribution in [0.2, 0.25) is 0 Å². The van der Waals surface area contributed by atoms with Crippen molar-refractivity contribution in [2.24, 2.45) is 0 Å². The van der Waals surface area contributed by atoms with Gasteiger partial charge in [0.2, 0.25) is 5.56 Å². The molecule has 0 radical (unpaired) electrons. The molecule has 5 heteroatoms. The lowest BCUT2D eigenvalue weighted by Gasteiger charge is -2.08. The van der Waals surface area contributed by atoms with Crippen molar-refractivity contribution in [1.82, 2.24) is 0 Å². The summed E-state index contributed by atoms with van der Waals surface area (Å²) in [6.07, 6.45) is 0. The quantitative estimate of drug-likeness (QED) is 0.579. The lowest BCUT2D eigenvalue weighted by Crippen LogP contribution is -1.99. The molecular weight excluding hydrogens is 225 g/mol. The van der Waals surface area contributed by atoms with E-state index in [2.05, 4.69) is 4.74 Å². The molecule has 1 aromatic carbocycles. The van der Waals surface area contributed by atoms with Crippen molar-refractivity contribution >= 4 is 28.6 Å². The number of nitrogens with zero attached hydrogens (tertiary/aromatic N) is 1. The maximum atomic E-state index is 10.4. The van der Waals surface area contributed by atoms with E-state index in [9.17, 15) is 4.79 Å². The van der Waals surface area contributed by atoms with Crippen molar-refractivity contribution in [2.45, 2.75) is 5.56 Å². The van der Waals surface area contributed by atoms with Crippen molar-refractivity contribution in [3.63, 3.8) is 0 Å². The first-order chi connectivity index (χ1) is 6.63. The highest BCUT2D eigenvalue weighted by molar-refractivity contribution is 6.61. The van der Waals surface area contributed by atoms with E-state index in [-0.39, 0.29) is 0 Å². The Kier molecular flexibility index (Phi) is 3.75. The lowest BCUT2D eigenvalue weighted by atomic mass is 10.1. The molecule has 14 heavy (non-hydrogen) atoms. The molecule has 0 N–H and O–H groups in total. The molecule has 0 aliphatic heterocycles. The van der Waals surface area contributed by atoms with Crippen LogP contribution in [0.1, 0.15) is 16.7 Å². The van der Waals surface area contributed by atoms with E-state index in [1.807, 2.05) is 6.07 Å². The Morgan fingerprint density at radius 2 is 2.00 bits per heavy atom. The van der Waals surface area contributed by atoms with Crippen LogP contribution in [-0.2, 0) is 4.74 Å². The van der Waals surface area contributed by atoms with Crippen molar-refractivity contribution in [3.05, 3.63) is 35.4 Å². The summed E-state index contributed by atoms with van der Waals surface area (Å²) in [4.78, 5) is 10.4. The Morgan fingerprint density at radius 3 is 2.43 bits per heavy atom. The van der Waals surface area contributed by atoms with E-state index in [0.29, 0.717) is 11.1 Å². The summed E-state index contributed by atoms with van der Waals surface area (Å²) in [6, 6.07) is 8.30. The Labute approximate surface area is 90.8 Å². The van der Waals surface area contributed by atoms with E-state index in [4.69, 9.17) is 28.5 Å². The largest absolute Gasteiger partial charge is 0.429 e. The average Bonchev–Trinajstić information content (AvgIpc) is 2.17. The van der Waals surface area contributed by atoms with E-state index < -0.39 is 11.0 Å². The Bertz CT molecular complexity index is 369. The number of rotatable bonds is 2. The van der Waals surface area contributed by atoms with Gasteiger partial charge in [-0.2, -0.15) is 5.26 Å². The van der Waals surface area contributed by atoms with Gasteiger partial charge in [0.05, 0.1) is 11.6 Å². The minimum Gasteiger partial charge on any atom is -0.429 e. The van der Waals surface area contributed by atoms with Gasteiger partial charge in [0.15, 0.2) is 0 Å². The van der Waals surface area contributed by atoms with Crippen LogP contribution >= 0.6 is 23.2 Å². The number of carbonyl (C=O) groups is 1. The SMILES string of the molecule is N#Cc1ccc(C(Cl)OC(=O)Cl)cc1. The predicted molar refractivity (Wildman–Crippen MR) is 52.1 cm³/mol. The maximum Gasteiger partial charge on any atom is 0.405 e. The maximum absolute atomic E-state index is 10.4. The Balaban J connectivity index is 2.77. The summed E-state index contributed by atoms with van der Waals surface area (Å²) in [7, 11) is 0. The van der Waals surface area contributed by atoms with Crippen LogP contribution in [0.3, 0.4) is 0 Å². The monoisotopic (exact) mass is 229 g/mol. The first-order valence-corrected chi connectivity index (χ1v) is 4.45. The number of hydrogen-bond donors (Lipinski definition) is 0. The molecule has 72 valence electrons. The summed E-state index contributed by atoms with van der Waals surface area (Å²) >= 11 is 10.7. The Morgan fingerprint density at radius 1 is 1.43 bits per heavy atom. The van der Waals surface area contributed by atoms with Crippen molar-refractivity contribution < 1.29 is 9.53 Å². The molecule has 0 heterocycles. The molecule has 0 amide bonds. The number of ether oxygens (including phenoxy) is 1. The summed E-state index contributed by atoms with van der Waals surface area (Å²) in [6.45, 7) is 0. The van der Waals surface area contributed by atoms with Gasteiger partial charge in [0.1, 0.15) is 0 Å². The molecule has 0 spiro atoms. The van der Waals surface area contributed by atoms with Gasteiger partial charge in [-0.15, -0.1) is 0 Å². The number of halogens is 2. The van der Waals surface area contributed by atoms with Crippen LogP contribution in [0, 0.1) is 11.3 Å². The minimum atomic E-state index is -0.964. The average molecular weight is 230 g/mol. The fraction of sp³-hybridized carbons (Fsp3) is 0.111. The molecule has 1 unspecified atom stereocenters. The summed E-state index contributed by atoms with van der Waals surface area (Å²) in [5.41, 5.74) is -0.809. The molecule has 0 saturated heterocycles. The molecule has 1 aromatic rings. The fourth-order valence-electron chi connectivity index (χ4n) is 0.858. The van der Waals surface area contributed by atoms with Crippen molar-refractivity contribution in [2.75, 3.05) is 0 Å². The van der Waals surface area contributed by atoms with E-state index >= 15 is 0 Å². The van der Waals surface area contributed by atoms with Gasteiger partial charge in [-0.1, -0.05) is 23.7 Å². The molecule has 0 bridgehead atoms. The van der Waals surface area contributed by atoms with Crippen molar-refractivity contribution in [3.8, 4) is 6.07 Å². The third kappa shape index (κ3) is 2.91. The molecule has 3 nitrogen and oxygen atoms in total. The van der Waals surface area contributed by atoms with Crippen LogP contribution < -0.4 is 0 Å². The van der Waals surface area contributed by atoms with Crippen LogP contribution in [0.25, 0.3) is 0 Å². The topological polar surface area (TPSA) is 50.1 Å². The zero-order valence-electron chi connectivity index (χ0n) is 6.91. The number of hydrogen-bond acceptors (Lipinski definition) is 3. The highest BCUT2D eigenvalue weighted by Gasteiger charge is 2.11. The molecule has 0 fully saturated rings. The highest BCUT2D eigenvalue weighted by Crippen LogP contribution is 2.22. The smallest absolute Gasteiger partial charge is 0.405 e. The molecule has 0 saturated carbocycles. The van der Waals surface area contributed by atoms with Gasteiger partial charge in [-0.05, 0) is 12.1 Å². The number of carbonyl (C=O) groups excluding carboxylic acids is 1. The standard InChI is InChI=1S/C9H5Cl2NO2/c10-8(14-9(11)13)7-3-1-6(5-12)2-4-7/h1-4,8H. The van der Waals surface area contributed by atoms with E-state index in [1.165, 1.54) is 0 Å². The lowest BCUT2D eigenvalue weighted by molar-refractivity contribution is 0.160. The normalized spacial score (nSPS) is 11.5. The first kappa shape index (κ1) is 10.8. The summed E-state index contributed by atoms with van der Waals surface area (Å²) in [5, 5.41) is 8.52. The third-order valence-corrected chi connectivity index (χ3v) is 1.93. The number of alkyl halides is 1. The van der Waals surface area contributed by atoms with Gasteiger partial charge >= 0.3 is 5.43 Å². The molecular formula is C9H5Cl2NO2. The van der Waals surface area contributed by atoms with Crippen LogP contribution in [0.5, 0.6) is 0 Å². The second-order valence-electron chi connectivity index (χ2n) is 2.41. The number of benzene rings is 1. The number of nitriles is 1. The highest BCUT2D eigenvalue weighted by atomic mass is 35.5. The van der Waals surface area contributed by atoms with Crippen LogP contribution in [0.4, 0.5) is 4.79 Å². The summed E-state index contributed by atoms with van der Waals surface area (Å²) < 4.78 is 4.52. The van der Waals surface area contributed by atoms with Gasteiger partial charge in [-0.25, -0.2) is 4.79 Å². The molecule has 0 aromatic heterocycles. The molecule has 1 atom stereocenters. The second kappa shape index (κ2) is 4.85. The fourth-order valence-corrected chi connectivity index (χ4v) is 1.22. The van der Waals surface area contributed by atoms with Gasteiger partial charge < -0.3 is 4.74 Å². The van der Waals surface area contributed by atoms with Gasteiger partial charge in [-0.3, -0.25) is 0 Å².